The summed E-state index contributed by atoms with van der Waals surface area (Å²) in [4.78, 5) is 11.4. The molecule has 0 bridgehead atoms. The SMILES string of the molecule is CC#CCCC1=C(OC)CCC1=O. The van der Waals surface area contributed by atoms with E-state index in [2.05, 4.69) is 11.8 Å². The van der Waals surface area contributed by atoms with Crippen LogP contribution in [0.4, 0.5) is 0 Å². The van der Waals surface area contributed by atoms with Crippen molar-refractivity contribution in [2.24, 2.45) is 0 Å². The highest BCUT2D eigenvalue weighted by Crippen LogP contribution is 2.26. The third kappa shape index (κ3) is 2.35. The third-order valence-corrected chi connectivity index (χ3v) is 2.18. The van der Waals surface area contributed by atoms with Crippen LogP contribution in [0.3, 0.4) is 0 Å². The molecule has 0 aromatic carbocycles. The first-order chi connectivity index (χ1) is 6.29. The van der Waals surface area contributed by atoms with Crippen molar-refractivity contribution < 1.29 is 9.53 Å². The molecule has 0 aromatic rings. The summed E-state index contributed by atoms with van der Waals surface area (Å²) >= 11 is 0. The van der Waals surface area contributed by atoms with E-state index in [1.807, 2.05) is 6.92 Å². The fraction of sp³-hybridized carbons (Fsp3) is 0.545. The highest BCUT2D eigenvalue weighted by Gasteiger charge is 2.22. The lowest BCUT2D eigenvalue weighted by atomic mass is 10.1. The van der Waals surface area contributed by atoms with E-state index < -0.39 is 0 Å². The molecule has 0 radical (unpaired) electrons. The molecule has 70 valence electrons. The van der Waals surface area contributed by atoms with Crippen LogP contribution in [0.25, 0.3) is 0 Å². The van der Waals surface area contributed by atoms with Crippen molar-refractivity contribution in [3.8, 4) is 11.8 Å². The quantitative estimate of drug-likeness (QED) is 0.618. The highest BCUT2D eigenvalue weighted by molar-refractivity contribution is 5.98. The summed E-state index contributed by atoms with van der Waals surface area (Å²) in [5, 5.41) is 0. The Kier molecular flexibility index (Phi) is 3.57. The molecule has 0 atom stereocenters. The predicted molar refractivity (Wildman–Crippen MR) is 51.0 cm³/mol. The van der Waals surface area contributed by atoms with Gasteiger partial charge in [-0.1, -0.05) is 0 Å². The summed E-state index contributed by atoms with van der Waals surface area (Å²) in [6, 6.07) is 0. The Morgan fingerprint density at radius 1 is 1.46 bits per heavy atom. The zero-order chi connectivity index (χ0) is 9.68. The number of ether oxygens (including phenoxy) is 1. The molecule has 1 aliphatic rings. The van der Waals surface area contributed by atoms with Gasteiger partial charge in [-0.05, 0) is 13.3 Å². The van der Waals surface area contributed by atoms with Gasteiger partial charge in [0.05, 0.1) is 7.11 Å². The normalized spacial score (nSPS) is 15.7. The molecule has 0 unspecified atom stereocenters. The van der Waals surface area contributed by atoms with E-state index >= 15 is 0 Å². The molecule has 2 heteroatoms. The van der Waals surface area contributed by atoms with Crippen LogP contribution >= 0.6 is 0 Å². The summed E-state index contributed by atoms with van der Waals surface area (Å²) in [6.45, 7) is 1.81. The summed E-state index contributed by atoms with van der Waals surface area (Å²) in [6.07, 6.45) is 2.87. The van der Waals surface area contributed by atoms with Gasteiger partial charge < -0.3 is 4.74 Å². The topological polar surface area (TPSA) is 26.3 Å². The molecule has 0 saturated carbocycles. The van der Waals surface area contributed by atoms with Crippen LogP contribution in [-0.4, -0.2) is 12.9 Å². The Bertz CT molecular complexity index is 289. The van der Waals surface area contributed by atoms with Crippen LogP contribution in [0, 0.1) is 11.8 Å². The van der Waals surface area contributed by atoms with Gasteiger partial charge in [0.25, 0.3) is 0 Å². The highest BCUT2D eigenvalue weighted by atomic mass is 16.5. The van der Waals surface area contributed by atoms with Crippen LogP contribution in [-0.2, 0) is 9.53 Å². The summed E-state index contributed by atoms with van der Waals surface area (Å²) in [7, 11) is 1.62. The number of hydrogen-bond acceptors (Lipinski definition) is 2. The van der Waals surface area contributed by atoms with E-state index in [4.69, 9.17) is 4.74 Å². The minimum atomic E-state index is 0.231. The molecule has 0 aliphatic heterocycles. The van der Waals surface area contributed by atoms with Gasteiger partial charge in [-0.3, -0.25) is 4.79 Å². The molecular formula is C11H14O2. The van der Waals surface area contributed by atoms with Crippen molar-refractivity contribution in [3.05, 3.63) is 11.3 Å². The molecule has 13 heavy (non-hydrogen) atoms. The number of ketones is 1. The van der Waals surface area contributed by atoms with Gasteiger partial charge in [-0.15, -0.1) is 11.8 Å². The van der Waals surface area contributed by atoms with Crippen LogP contribution in [0.15, 0.2) is 11.3 Å². The first kappa shape index (κ1) is 9.85. The Hall–Kier alpha value is -1.23. The van der Waals surface area contributed by atoms with Crippen LogP contribution in [0.2, 0.25) is 0 Å². The Balaban J connectivity index is 2.61. The average molecular weight is 178 g/mol. The molecule has 0 amide bonds. The average Bonchev–Trinajstić information content (AvgIpc) is 2.48. The fourth-order valence-corrected chi connectivity index (χ4v) is 1.50. The van der Waals surface area contributed by atoms with Gasteiger partial charge in [0.1, 0.15) is 5.76 Å². The maximum atomic E-state index is 11.4. The molecule has 0 heterocycles. The number of methoxy groups -OCH3 is 1. The first-order valence-corrected chi connectivity index (χ1v) is 4.48. The molecular weight excluding hydrogens is 164 g/mol. The molecule has 0 saturated heterocycles. The van der Waals surface area contributed by atoms with Gasteiger partial charge >= 0.3 is 0 Å². The van der Waals surface area contributed by atoms with E-state index in [1.54, 1.807) is 7.11 Å². The lowest BCUT2D eigenvalue weighted by Crippen LogP contribution is -1.96. The van der Waals surface area contributed by atoms with E-state index in [9.17, 15) is 4.79 Å². The number of hydrogen-bond donors (Lipinski definition) is 0. The number of carbonyl (C=O) groups is 1. The van der Waals surface area contributed by atoms with Crippen molar-refractivity contribution in [1.29, 1.82) is 0 Å². The van der Waals surface area contributed by atoms with E-state index in [-0.39, 0.29) is 5.78 Å². The number of Topliss-reactive ketones (excluding diaryl/α,β-unsaturated/α-hetero) is 1. The standard InChI is InChI=1S/C11H14O2/c1-3-4-5-6-9-10(12)7-8-11(9)13-2/h5-8H2,1-2H3. The maximum absolute atomic E-state index is 11.4. The number of rotatable bonds is 3. The van der Waals surface area contributed by atoms with Gasteiger partial charge in [0.15, 0.2) is 5.78 Å². The second-order valence-electron chi connectivity index (χ2n) is 2.96. The zero-order valence-corrected chi connectivity index (χ0v) is 8.14. The molecule has 0 fully saturated rings. The van der Waals surface area contributed by atoms with Crippen molar-refractivity contribution >= 4 is 5.78 Å². The zero-order valence-electron chi connectivity index (χ0n) is 8.14. The molecule has 1 aliphatic carbocycles. The lowest BCUT2D eigenvalue weighted by molar-refractivity contribution is -0.115. The third-order valence-electron chi connectivity index (χ3n) is 2.18. The second-order valence-corrected chi connectivity index (χ2v) is 2.96. The molecule has 0 aromatic heterocycles. The van der Waals surface area contributed by atoms with Crippen molar-refractivity contribution in [3.63, 3.8) is 0 Å². The predicted octanol–water partition coefficient (Wildman–Crippen LogP) is 2.05. The van der Waals surface area contributed by atoms with Crippen LogP contribution in [0.5, 0.6) is 0 Å². The van der Waals surface area contributed by atoms with Crippen molar-refractivity contribution in [2.45, 2.75) is 32.6 Å². The van der Waals surface area contributed by atoms with Gasteiger partial charge in [-0.25, -0.2) is 0 Å². The largest absolute Gasteiger partial charge is 0.501 e. The van der Waals surface area contributed by atoms with E-state index in [1.165, 1.54) is 0 Å². The van der Waals surface area contributed by atoms with Gasteiger partial charge in [0.2, 0.25) is 0 Å². The maximum Gasteiger partial charge on any atom is 0.162 e. The monoisotopic (exact) mass is 178 g/mol. The minimum absolute atomic E-state index is 0.231. The van der Waals surface area contributed by atoms with Gasteiger partial charge in [-0.2, -0.15) is 0 Å². The molecule has 2 nitrogen and oxygen atoms in total. The summed E-state index contributed by atoms with van der Waals surface area (Å²) in [5.74, 6) is 6.86. The van der Waals surface area contributed by atoms with Gasteiger partial charge in [0, 0.05) is 24.8 Å². The molecule has 0 N–H and O–H groups in total. The Morgan fingerprint density at radius 2 is 2.23 bits per heavy atom. The van der Waals surface area contributed by atoms with E-state index in [0.29, 0.717) is 6.42 Å². The Labute approximate surface area is 79.0 Å². The smallest absolute Gasteiger partial charge is 0.162 e. The number of allylic oxidation sites excluding steroid dienone is 2. The summed E-state index contributed by atoms with van der Waals surface area (Å²) in [5.41, 5.74) is 0.852. The molecule has 0 spiro atoms. The van der Waals surface area contributed by atoms with Crippen LogP contribution in [0.1, 0.15) is 32.6 Å². The number of carbonyl (C=O) groups excluding carboxylic acids is 1. The second kappa shape index (κ2) is 4.71. The summed E-state index contributed by atoms with van der Waals surface area (Å²) < 4.78 is 5.14. The van der Waals surface area contributed by atoms with Crippen molar-refractivity contribution in [1.82, 2.24) is 0 Å². The minimum Gasteiger partial charge on any atom is -0.501 e. The first-order valence-electron chi connectivity index (χ1n) is 4.48. The fourth-order valence-electron chi connectivity index (χ4n) is 1.50. The Morgan fingerprint density at radius 3 is 2.85 bits per heavy atom. The molecule has 1 rings (SSSR count). The lowest BCUT2D eigenvalue weighted by Gasteiger charge is -2.01. The van der Waals surface area contributed by atoms with Crippen molar-refractivity contribution in [2.75, 3.05) is 7.11 Å². The van der Waals surface area contributed by atoms with E-state index in [0.717, 1.165) is 30.6 Å². The van der Waals surface area contributed by atoms with Crippen LogP contribution < -0.4 is 0 Å².